The standard InChI is InChI=1S/C11H15N3O/c1-11(2)6-5-8-9(10(11)15)14(13-12-8)7-3-4-7/h7H,3-6H2,1-2H3. The number of ketones is 1. The Hall–Kier alpha value is -1.19. The summed E-state index contributed by atoms with van der Waals surface area (Å²) in [6.07, 6.45) is 4.07. The maximum absolute atomic E-state index is 12.3. The van der Waals surface area contributed by atoms with Gasteiger partial charge in [0.2, 0.25) is 0 Å². The van der Waals surface area contributed by atoms with Crippen molar-refractivity contribution in [2.24, 2.45) is 5.41 Å². The van der Waals surface area contributed by atoms with Gasteiger partial charge in [0.05, 0.1) is 11.7 Å². The second-order valence-electron chi connectivity index (χ2n) is 5.27. The fraction of sp³-hybridized carbons (Fsp3) is 0.727. The van der Waals surface area contributed by atoms with Gasteiger partial charge in [-0.15, -0.1) is 5.10 Å². The molecule has 15 heavy (non-hydrogen) atoms. The zero-order chi connectivity index (χ0) is 10.6. The van der Waals surface area contributed by atoms with Crippen LogP contribution in [0.5, 0.6) is 0 Å². The molecule has 1 fully saturated rings. The van der Waals surface area contributed by atoms with E-state index in [0.29, 0.717) is 6.04 Å². The van der Waals surface area contributed by atoms with Crippen molar-refractivity contribution >= 4 is 5.78 Å². The Balaban J connectivity index is 2.11. The summed E-state index contributed by atoms with van der Waals surface area (Å²) in [7, 11) is 0. The molecule has 0 amide bonds. The van der Waals surface area contributed by atoms with Gasteiger partial charge in [-0.2, -0.15) is 0 Å². The normalized spacial score (nSPS) is 24.0. The number of hydrogen-bond donors (Lipinski definition) is 0. The third kappa shape index (κ3) is 1.24. The van der Waals surface area contributed by atoms with E-state index in [1.54, 1.807) is 0 Å². The van der Waals surface area contributed by atoms with Gasteiger partial charge in [0, 0.05) is 5.41 Å². The quantitative estimate of drug-likeness (QED) is 0.702. The van der Waals surface area contributed by atoms with Crippen LogP contribution in [0.4, 0.5) is 0 Å². The molecular formula is C11H15N3O. The van der Waals surface area contributed by atoms with Gasteiger partial charge in [0.15, 0.2) is 5.78 Å². The molecule has 0 aromatic carbocycles. The average molecular weight is 205 g/mol. The van der Waals surface area contributed by atoms with Crippen LogP contribution in [-0.4, -0.2) is 20.8 Å². The molecule has 1 aromatic heterocycles. The molecule has 1 aromatic rings. The van der Waals surface area contributed by atoms with Gasteiger partial charge in [0.25, 0.3) is 0 Å². The first-order chi connectivity index (χ1) is 7.09. The number of rotatable bonds is 1. The van der Waals surface area contributed by atoms with Crippen LogP contribution in [0.1, 0.15) is 55.3 Å². The topological polar surface area (TPSA) is 47.8 Å². The second-order valence-corrected chi connectivity index (χ2v) is 5.27. The molecule has 2 aliphatic rings. The molecule has 0 saturated heterocycles. The van der Waals surface area contributed by atoms with Crippen LogP contribution in [0, 0.1) is 5.41 Å². The Morgan fingerprint density at radius 2 is 2.13 bits per heavy atom. The van der Waals surface area contributed by atoms with E-state index in [1.807, 2.05) is 18.5 Å². The first-order valence-electron chi connectivity index (χ1n) is 5.58. The van der Waals surface area contributed by atoms with E-state index < -0.39 is 0 Å². The summed E-state index contributed by atoms with van der Waals surface area (Å²) in [5, 5.41) is 8.25. The van der Waals surface area contributed by atoms with Crippen LogP contribution in [-0.2, 0) is 6.42 Å². The van der Waals surface area contributed by atoms with Crippen molar-refractivity contribution in [2.75, 3.05) is 0 Å². The summed E-state index contributed by atoms with van der Waals surface area (Å²) in [6, 6.07) is 0.444. The molecule has 0 aliphatic heterocycles. The van der Waals surface area contributed by atoms with Gasteiger partial charge in [-0.3, -0.25) is 4.79 Å². The minimum absolute atomic E-state index is 0.223. The number of carbonyl (C=O) groups is 1. The predicted molar refractivity (Wildman–Crippen MR) is 54.7 cm³/mol. The summed E-state index contributed by atoms with van der Waals surface area (Å²) in [6.45, 7) is 4.03. The molecular weight excluding hydrogens is 190 g/mol. The molecule has 0 unspecified atom stereocenters. The fourth-order valence-corrected chi connectivity index (χ4v) is 2.17. The molecule has 80 valence electrons. The van der Waals surface area contributed by atoms with Crippen LogP contribution in [0.3, 0.4) is 0 Å². The molecule has 0 N–H and O–H groups in total. The van der Waals surface area contributed by atoms with Crippen molar-refractivity contribution in [3.05, 3.63) is 11.4 Å². The Labute approximate surface area is 88.7 Å². The van der Waals surface area contributed by atoms with Gasteiger partial charge >= 0.3 is 0 Å². The Morgan fingerprint density at radius 1 is 1.40 bits per heavy atom. The molecule has 4 nitrogen and oxygen atoms in total. The van der Waals surface area contributed by atoms with Crippen LogP contribution in [0.25, 0.3) is 0 Å². The van der Waals surface area contributed by atoms with E-state index in [4.69, 9.17) is 0 Å². The maximum Gasteiger partial charge on any atom is 0.188 e. The second kappa shape index (κ2) is 2.68. The Bertz CT molecular complexity index is 429. The largest absolute Gasteiger partial charge is 0.292 e. The number of fused-ring (bicyclic) bond motifs is 1. The number of nitrogens with zero attached hydrogens (tertiary/aromatic N) is 3. The SMILES string of the molecule is CC1(C)CCc2nnn(C3CC3)c2C1=O. The smallest absolute Gasteiger partial charge is 0.188 e. The van der Waals surface area contributed by atoms with E-state index in [0.717, 1.165) is 37.1 Å². The molecule has 0 atom stereocenters. The lowest BCUT2D eigenvalue weighted by Crippen LogP contribution is -2.32. The van der Waals surface area contributed by atoms with Gasteiger partial charge in [-0.25, -0.2) is 4.68 Å². The first-order valence-corrected chi connectivity index (χ1v) is 5.58. The summed E-state index contributed by atoms with van der Waals surface area (Å²) < 4.78 is 1.86. The van der Waals surface area contributed by atoms with Crippen molar-refractivity contribution < 1.29 is 4.79 Å². The Morgan fingerprint density at radius 3 is 2.80 bits per heavy atom. The van der Waals surface area contributed by atoms with Crippen molar-refractivity contribution in [2.45, 2.75) is 45.6 Å². The molecule has 0 bridgehead atoms. The minimum Gasteiger partial charge on any atom is -0.292 e. The van der Waals surface area contributed by atoms with E-state index in [1.165, 1.54) is 0 Å². The number of aryl methyl sites for hydroxylation is 1. The highest BCUT2D eigenvalue weighted by atomic mass is 16.1. The highest BCUT2D eigenvalue weighted by molar-refractivity contribution is 6.00. The number of hydrogen-bond acceptors (Lipinski definition) is 3. The van der Waals surface area contributed by atoms with Crippen molar-refractivity contribution in [3.8, 4) is 0 Å². The van der Waals surface area contributed by atoms with E-state index in [2.05, 4.69) is 10.3 Å². The van der Waals surface area contributed by atoms with Crippen LogP contribution in [0.2, 0.25) is 0 Å². The number of Topliss-reactive ketones (excluding diaryl/α,β-unsaturated/α-hetero) is 1. The van der Waals surface area contributed by atoms with Crippen LogP contribution < -0.4 is 0 Å². The molecule has 1 saturated carbocycles. The lowest BCUT2D eigenvalue weighted by Gasteiger charge is -2.27. The molecule has 2 aliphatic carbocycles. The lowest BCUT2D eigenvalue weighted by atomic mass is 9.77. The van der Waals surface area contributed by atoms with Gasteiger partial charge in [-0.05, 0) is 25.7 Å². The summed E-state index contributed by atoms with van der Waals surface area (Å²) in [5.74, 6) is 0.223. The average Bonchev–Trinajstić information content (AvgIpc) is 2.93. The summed E-state index contributed by atoms with van der Waals surface area (Å²) in [5.41, 5.74) is 1.46. The van der Waals surface area contributed by atoms with Gasteiger partial charge in [-0.1, -0.05) is 19.1 Å². The predicted octanol–water partition coefficient (Wildman–Crippen LogP) is 1.77. The molecule has 0 spiro atoms. The van der Waals surface area contributed by atoms with Crippen molar-refractivity contribution in [3.63, 3.8) is 0 Å². The van der Waals surface area contributed by atoms with Crippen molar-refractivity contribution in [1.82, 2.24) is 15.0 Å². The lowest BCUT2D eigenvalue weighted by molar-refractivity contribution is 0.0798. The number of aromatic nitrogens is 3. The van der Waals surface area contributed by atoms with Crippen LogP contribution >= 0.6 is 0 Å². The third-order valence-electron chi connectivity index (χ3n) is 3.47. The van der Waals surface area contributed by atoms with Crippen LogP contribution in [0.15, 0.2) is 0 Å². The third-order valence-corrected chi connectivity index (χ3v) is 3.47. The zero-order valence-electron chi connectivity index (χ0n) is 9.16. The first kappa shape index (κ1) is 9.07. The van der Waals surface area contributed by atoms with Gasteiger partial charge < -0.3 is 0 Å². The van der Waals surface area contributed by atoms with E-state index >= 15 is 0 Å². The summed E-state index contributed by atoms with van der Waals surface area (Å²) >= 11 is 0. The highest BCUT2D eigenvalue weighted by Gasteiger charge is 2.40. The molecule has 3 rings (SSSR count). The maximum atomic E-state index is 12.3. The van der Waals surface area contributed by atoms with Crippen molar-refractivity contribution in [1.29, 1.82) is 0 Å². The molecule has 1 heterocycles. The van der Waals surface area contributed by atoms with E-state index in [9.17, 15) is 4.79 Å². The minimum atomic E-state index is -0.235. The summed E-state index contributed by atoms with van der Waals surface area (Å²) in [4.78, 5) is 12.3. The molecule has 4 heteroatoms. The zero-order valence-corrected chi connectivity index (χ0v) is 9.16. The van der Waals surface area contributed by atoms with Gasteiger partial charge in [0.1, 0.15) is 5.69 Å². The highest BCUT2D eigenvalue weighted by Crippen LogP contribution is 2.40. The monoisotopic (exact) mass is 205 g/mol. The Kier molecular flexibility index (Phi) is 1.62. The fourth-order valence-electron chi connectivity index (χ4n) is 2.17. The number of carbonyl (C=O) groups excluding carboxylic acids is 1. The van der Waals surface area contributed by atoms with E-state index in [-0.39, 0.29) is 11.2 Å². The molecule has 0 radical (unpaired) electrons.